The van der Waals surface area contributed by atoms with Crippen LogP contribution in [0.4, 0.5) is 0 Å². The zero-order chi connectivity index (χ0) is 17.2. The van der Waals surface area contributed by atoms with Crippen molar-refractivity contribution in [2.24, 2.45) is 0 Å². The molecule has 2 aromatic rings. The predicted molar refractivity (Wildman–Crippen MR) is 92.0 cm³/mol. The van der Waals surface area contributed by atoms with E-state index in [1.807, 2.05) is 19.9 Å². The van der Waals surface area contributed by atoms with Crippen LogP contribution in [0.5, 0.6) is 11.5 Å². The number of ether oxygens (including phenoxy) is 2. The molecule has 24 heavy (non-hydrogen) atoms. The first-order valence-corrected chi connectivity index (χ1v) is 7.68. The molecule has 0 saturated heterocycles. The first kappa shape index (κ1) is 17.4. The fourth-order valence-corrected chi connectivity index (χ4v) is 1.85. The van der Waals surface area contributed by atoms with Gasteiger partial charge in [0.05, 0.1) is 18.8 Å². The first-order chi connectivity index (χ1) is 11.6. The van der Waals surface area contributed by atoms with Crippen molar-refractivity contribution >= 4 is 5.91 Å². The number of amides is 1. The van der Waals surface area contributed by atoms with E-state index in [1.54, 1.807) is 42.7 Å². The molecule has 1 amide bonds. The zero-order valence-electron chi connectivity index (χ0n) is 13.8. The van der Waals surface area contributed by atoms with Crippen molar-refractivity contribution in [3.05, 3.63) is 54.4 Å². The van der Waals surface area contributed by atoms with Crippen LogP contribution in [-0.2, 0) is 0 Å². The third kappa shape index (κ3) is 6.01. The molecule has 0 aliphatic carbocycles. The maximum absolute atomic E-state index is 12.0. The van der Waals surface area contributed by atoms with Gasteiger partial charge in [-0.3, -0.25) is 9.78 Å². The monoisotopic (exact) mass is 324 g/mol. The second-order valence-corrected chi connectivity index (χ2v) is 5.20. The quantitative estimate of drug-likeness (QED) is 0.830. The van der Waals surface area contributed by atoms with E-state index < -0.39 is 0 Å². The van der Waals surface area contributed by atoms with Gasteiger partial charge < -0.3 is 14.8 Å². The number of rotatable bonds is 6. The normalized spacial score (nSPS) is 9.79. The van der Waals surface area contributed by atoms with Gasteiger partial charge in [-0.05, 0) is 50.2 Å². The smallest absolute Gasteiger partial charge is 0.252 e. The van der Waals surface area contributed by atoms with E-state index in [1.165, 1.54) is 0 Å². The number of aromatic nitrogens is 1. The minimum Gasteiger partial charge on any atom is -0.491 e. The van der Waals surface area contributed by atoms with Gasteiger partial charge in [-0.1, -0.05) is 11.8 Å². The van der Waals surface area contributed by atoms with E-state index in [0.717, 1.165) is 5.75 Å². The summed E-state index contributed by atoms with van der Waals surface area (Å²) in [7, 11) is 0. The summed E-state index contributed by atoms with van der Waals surface area (Å²) >= 11 is 0. The molecule has 2 rings (SSSR count). The van der Waals surface area contributed by atoms with Crippen LogP contribution in [0.25, 0.3) is 0 Å². The van der Waals surface area contributed by atoms with Gasteiger partial charge in [0.25, 0.3) is 5.91 Å². The van der Waals surface area contributed by atoms with Gasteiger partial charge in [0.1, 0.15) is 18.1 Å². The standard InChI is InChI=1S/C19H20N2O3/c1-15(2)24-17-9-7-16(8-10-17)19(22)21-12-3-4-13-23-18-6-5-11-20-14-18/h5-11,14-15H,12-13H2,1-2H3,(H,21,22). The van der Waals surface area contributed by atoms with E-state index in [0.29, 0.717) is 11.3 Å². The predicted octanol–water partition coefficient (Wildman–Crippen LogP) is 2.68. The fourth-order valence-electron chi connectivity index (χ4n) is 1.85. The Morgan fingerprint density at radius 3 is 2.62 bits per heavy atom. The summed E-state index contributed by atoms with van der Waals surface area (Å²) in [6.07, 6.45) is 3.40. The second kappa shape index (κ2) is 9.21. The number of carbonyl (C=O) groups is 1. The van der Waals surface area contributed by atoms with E-state index >= 15 is 0 Å². The molecule has 1 N–H and O–H groups in total. The zero-order valence-corrected chi connectivity index (χ0v) is 13.8. The Kier molecular flexibility index (Phi) is 6.66. The van der Waals surface area contributed by atoms with Crippen LogP contribution >= 0.6 is 0 Å². The SMILES string of the molecule is CC(C)Oc1ccc(C(=O)NCC#CCOc2cccnc2)cc1. The lowest BCUT2D eigenvalue weighted by molar-refractivity contribution is 0.0958. The molecule has 0 aliphatic heterocycles. The van der Waals surface area contributed by atoms with Gasteiger partial charge in [-0.2, -0.15) is 0 Å². The molecule has 0 aliphatic rings. The second-order valence-electron chi connectivity index (χ2n) is 5.20. The van der Waals surface area contributed by atoms with Gasteiger partial charge in [0.2, 0.25) is 0 Å². The van der Waals surface area contributed by atoms with Gasteiger partial charge in [-0.25, -0.2) is 0 Å². The Balaban J connectivity index is 1.72. The van der Waals surface area contributed by atoms with Gasteiger partial charge in [-0.15, -0.1) is 0 Å². The molecule has 124 valence electrons. The van der Waals surface area contributed by atoms with Crippen LogP contribution in [0.3, 0.4) is 0 Å². The number of carbonyl (C=O) groups excluding carboxylic acids is 1. The molecule has 0 saturated carbocycles. The number of benzene rings is 1. The van der Waals surface area contributed by atoms with E-state index in [4.69, 9.17) is 9.47 Å². The molecular weight excluding hydrogens is 304 g/mol. The van der Waals surface area contributed by atoms with Crippen LogP contribution in [0.15, 0.2) is 48.8 Å². The molecule has 1 heterocycles. The summed E-state index contributed by atoms with van der Waals surface area (Å²) < 4.78 is 10.9. The van der Waals surface area contributed by atoms with Crippen molar-refractivity contribution < 1.29 is 14.3 Å². The van der Waals surface area contributed by atoms with Gasteiger partial charge >= 0.3 is 0 Å². The molecule has 0 bridgehead atoms. The number of pyridine rings is 1. The summed E-state index contributed by atoms with van der Waals surface area (Å²) in [5, 5.41) is 2.74. The van der Waals surface area contributed by atoms with E-state index in [9.17, 15) is 4.79 Å². The third-order valence-electron chi connectivity index (χ3n) is 2.90. The molecule has 1 aromatic heterocycles. The summed E-state index contributed by atoms with van der Waals surface area (Å²) in [4.78, 5) is 15.9. The van der Waals surface area contributed by atoms with Crippen molar-refractivity contribution in [2.45, 2.75) is 20.0 Å². The Labute approximate surface area is 142 Å². The summed E-state index contributed by atoms with van der Waals surface area (Å²) in [6, 6.07) is 10.6. The Hall–Kier alpha value is -3.00. The molecule has 0 atom stereocenters. The lowest BCUT2D eigenvalue weighted by atomic mass is 10.2. The molecule has 1 aromatic carbocycles. The van der Waals surface area contributed by atoms with Crippen molar-refractivity contribution in [2.75, 3.05) is 13.2 Å². The molecule has 0 fully saturated rings. The Morgan fingerprint density at radius 1 is 1.17 bits per heavy atom. The average molecular weight is 324 g/mol. The maximum atomic E-state index is 12.0. The molecule has 0 unspecified atom stereocenters. The number of hydrogen-bond acceptors (Lipinski definition) is 4. The largest absolute Gasteiger partial charge is 0.491 e. The van der Waals surface area contributed by atoms with Crippen LogP contribution in [-0.4, -0.2) is 30.1 Å². The highest BCUT2D eigenvalue weighted by Crippen LogP contribution is 2.13. The molecule has 0 radical (unpaired) electrons. The molecule has 5 nitrogen and oxygen atoms in total. The first-order valence-electron chi connectivity index (χ1n) is 7.68. The fraction of sp³-hybridized carbons (Fsp3) is 0.263. The number of nitrogens with zero attached hydrogens (tertiary/aromatic N) is 1. The number of nitrogens with one attached hydrogen (secondary N) is 1. The Bertz CT molecular complexity index is 701. The number of hydrogen-bond donors (Lipinski definition) is 1. The summed E-state index contributed by atoms with van der Waals surface area (Å²) in [6.45, 7) is 4.43. The van der Waals surface area contributed by atoms with E-state index in [2.05, 4.69) is 22.1 Å². The minimum atomic E-state index is -0.173. The highest BCUT2D eigenvalue weighted by Gasteiger charge is 2.04. The highest BCUT2D eigenvalue weighted by atomic mass is 16.5. The van der Waals surface area contributed by atoms with Crippen LogP contribution in [0.2, 0.25) is 0 Å². The Morgan fingerprint density at radius 2 is 1.96 bits per heavy atom. The third-order valence-corrected chi connectivity index (χ3v) is 2.90. The minimum absolute atomic E-state index is 0.105. The maximum Gasteiger partial charge on any atom is 0.252 e. The van der Waals surface area contributed by atoms with Crippen molar-refractivity contribution in [3.8, 4) is 23.3 Å². The van der Waals surface area contributed by atoms with Crippen molar-refractivity contribution in [1.82, 2.24) is 10.3 Å². The lowest BCUT2D eigenvalue weighted by Gasteiger charge is -2.09. The molecular formula is C19H20N2O3. The van der Waals surface area contributed by atoms with E-state index in [-0.39, 0.29) is 25.2 Å². The topological polar surface area (TPSA) is 60.5 Å². The van der Waals surface area contributed by atoms with Gasteiger partial charge in [0, 0.05) is 11.8 Å². The van der Waals surface area contributed by atoms with Crippen molar-refractivity contribution in [3.63, 3.8) is 0 Å². The molecule has 5 heteroatoms. The van der Waals surface area contributed by atoms with Gasteiger partial charge in [0.15, 0.2) is 0 Å². The van der Waals surface area contributed by atoms with Crippen LogP contribution < -0.4 is 14.8 Å². The average Bonchev–Trinajstić information content (AvgIpc) is 2.59. The summed E-state index contributed by atoms with van der Waals surface area (Å²) in [5.41, 5.74) is 0.569. The van der Waals surface area contributed by atoms with Crippen LogP contribution in [0.1, 0.15) is 24.2 Å². The lowest BCUT2D eigenvalue weighted by Crippen LogP contribution is -2.23. The molecule has 0 spiro atoms. The highest BCUT2D eigenvalue weighted by molar-refractivity contribution is 5.94. The van der Waals surface area contributed by atoms with Crippen LogP contribution in [0, 0.1) is 11.8 Å². The van der Waals surface area contributed by atoms with Crippen molar-refractivity contribution in [1.29, 1.82) is 0 Å². The summed E-state index contributed by atoms with van der Waals surface area (Å²) in [5.74, 6) is 6.92.